The van der Waals surface area contributed by atoms with E-state index < -0.39 is 0 Å². The fraction of sp³-hybridized carbons (Fsp3) is 0.444. The van der Waals surface area contributed by atoms with E-state index in [4.69, 9.17) is 15.8 Å². The van der Waals surface area contributed by atoms with Gasteiger partial charge in [0.1, 0.15) is 5.82 Å². The molecule has 0 amide bonds. The number of aromatic nitrogens is 7. The Hall–Kier alpha value is -3.39. The Balaban J connectivity index is 1.37. The van der Waals surface area contributed by atoms with Crippen molar-refractivity contribution in [3.63, 3.8) is 0 Å². The summed E-state index contributed by atoms with van der Waals surface area (Å²) in [5.74, 6) is 3.66. The van der Waals surface area contributed by atoms with Gasteiger partial charge in [0.05, 0.1) is 6.54 Å². The zero-order chi connectivity index (χ0) is 24.2. The Morgan fingerprint density at radius 3 is 2.46 bits per heavy atom. The van der Waals surface area contributed by atoms with Crippen LogP contribution in [0, 0.1) is 5.92 Å². The number of rotatable bonds is 8. The molecule has 1 aliphatic rings. The molecule has 2 heterocycles. The first-order valence-electron chi connectivity index (χ1n) is 12.7. The standard InChI is InChI=1S/C27H34N8/c1-3-18(2)26-29-25(16-19-10-14-22(28)15-11-19)35(32-26)17-20-8-12-21(13-9-20)23-6-4-5-7-24(23)27-30-33-34-31-27/h4-9,12-13,18-19,22H,3,10-11,14-17,28H2,1-2H3,(H,30,31,33,34). The van der Waals surface area contributed by atoms with Gasteiger partial charge in [-0.3, -0.25) is 0 Å². The maximum Gasteiger partial charge on any atom is 0.205 e. The smallest absolute Gasteiger partial charge is 0.205 e. The normalized spacial score (nSPS) is 19.1. The molecule has 1 aliphatic carbocycles. The van der Waals surface area contributed by atoms with Gasteiger partial charge in [0.15, 0.2) is 5.82 Å². The molecule has 5 rings (SSSR count). The summed E-state index contributed by atoms with van der Waals surface area (Å²) in [6.07, 6.45) is 6.61. The number of hydrogen-bond acceptors (Lipinski definition) is 6. The van der Waals surface area contributed by atoms with Crippen LogP contribution >= 0.6 is 0 Å². The van der Waals surface area contributed by atoms with Gasteiger partial charge >= 0.3 is 0 Å². The van der Waals surface area contributed by atoms with Crippen molar-refractivity contribution in [3.8, 4) is 22.5 Å². The molecule has 3 N–H and O–H groups in total. The zero-order valence-electron chi connectivity index (χ0n) is 20.6. The van der Waals surface area contributed by atoms with E-state index in [1.165, 1.54) is 18.4 Å². The Labute approximate surface area is 206 Å². The minimum atomic E-state index is 0.360. The quantitative estimate of drug-likeness (QED) is 0.384. The molecule has 0 bridgehead atoms. The van der Waals surface area contributed by atoms with Crippen molar-refractivity contribution in [1.29, 1.82) is 0 Å². The summed E-state index contributed by atoms with van der Waals surface area (Å²) in [4.78, 5) is 4.99. The third kappa shape index (κ3) is 5.32. The van der Waals surface area contributed by atoms with Crippen LogP contribution in [0.4, 0.5) is 0 Å². The van der Waals surface area contributed by atoms with Crippen LogP contribution in [0.5, 0.6) is 0 Å². The summed E-state index contributed by atoms with van der Waals surface area (Å²) in [6, 6.07) is 17.2. The number of hydrogen-bond donors (Lipinski definition) is 2. The lowest BCUT2D eigenvalue weighted by atomic mass is 9.84. The van der Waals surface area contributed by atoms with Crippen LogP contribution < -0.4 is 5.73 Å². The Morgan fingerprint density at radius 2 is 1.77 bits per heavy atom. The fourth-order valence-electron chi connectivity index (χ4n) is 4.88. The number of nitrogens with one attached hydrogen (secondary N) is 1. The van der Waals surface area contributed by atoms with Crippen LogP contribution in [0.3, 0.4) is 0 Å². The molecule has 0 spiro atoms. The van der Waals surface area contributed by atoms with Crippen molar-refractivity contribution in [2.75, 3.05) is 0 Å². The summed E-state index contributed by atoms with van der Waals surface area (Å²) in [5, 5.41) is 19.5. The van der Waals surface area contributed by atoms with Crippen LogP contribution in [0.2, 0.25) is 0 Å². The topological polar surface area (TPSA) is 111 Å². The molecule has 1 atom stereocenters. The van der Waals surface area contributed by atoms with Crippen molar-refractivity contribution < 1.29 is 0 Å². The Bertz CT molecular complexity index is 1220. The van der Waals surface area contributed by atoms with Crippen molar-refractivity contribution in [2.24, 2.45) is 11.7 Å². The lowest BCUT2D eigenvalue weighted by Crippen LogP contribution is -2.27. The van der Waals surface area contributed by atoms with E-state index in [1.807, 2.05) is 18.2 Å². The van der Waals surface area contributed by atoms with E-state index in [0.29, 0.717) is 23.7 Å². The lowest BCUT2D eigenvalue weighted by Gasteiger charge is -2.25. The van der Waals surface area contributed by atoms with E-state index in [1.54, 1.807) is 0 Å². The number of aromatic amines is 1. The summed E-state index contributed by atoms with van der Waals surface area (Å²) in [7, 11) is 0. The van der Waals surface area contributed by atoms with Gasteiger partial charge in [-0.25, -0.2) is 9.67 Å². The molecule has 0 saturated heterocycles. The van der Waals surface area contributed by atoms with E-state index in [0.717, 1.165) is 60.6 Å². The van der Waals surface area contributed by atoms with Gasteiger partial charge in [0.25, 0.3) is 0 Å². The van der Waals surface area contributed by atoms with Crippen LogP contribution in [0.1, 0.15) is 69.1 Å². The molecular weight excluding hydrogens is 436 g/mol. The molecule has 0 radical (unpaired) electrons. The predicted molar refractivity (Wildman–Crippen MR) is 137 cm³/mol. The third-order valence-corrected chi connectivity index (χ3v) is 7.29. The second-order valence-electron chi connectivity index (χ2n) is 9.82. The van der Waals surface area contributed by atoms with Gasteiger partial charge in [-0.05, 0) is 59.9 Å². The molecule has 4 aromatic rings. The van der Waals surface area contributed by atoms with Gasteiger partial charge in [-0.15, -0.1) is 10.2 Å². The monoisotopic (exact) mass is 470 g/mol. The number of benzene rings is 2. The third-order valence-electron chi connectivity index (χ3n) is 7.29. The van der Waals surface area contributed by atoms with E-state index in [2.05, 4.69) is 69.5 Å². The molecule has 2 aromatic heterocycles. The summed E-state index contributed by atoms with van der Waals surface area (Å²) < 4.78 is 2.12. The van der Waals surface area contributed by atoms with Gasteiger partial charge in [0, 0.05) is 23.9 Å². The molecule has 182 valence electrons. The maximum atomic E-state index is 6.13. The van der Waals surface area contributed by atoms with Crippen LogP contribution in [-0.4, -0.2) is 41.4 Å². The molecule has 1 fully saturated rings. The number of H-pyrrole nitrogens is 1. The highest BCUT2D eigenvalue weighted by atomic mass is 15.5. The minimum Gasteiger partial charge on any atom is -0.328 e. The highest BCUT2D eigenvalue weighted by molar-refractivity contribution is 5.80. The molecular formula is C27H34N8. The second kappa shape index (κ2) is 10.5. The van der Waals surface area contributed by atoms with Crippen molar-refractivity contribution >= 4 is 0 Å². The summed E-state index contributed by atoms with van der Waals surface area (Å²) in [6.45, 7) is 5.12. The Kier molecular flexibility index (Phi) is 6.99. The average molecular weight is 471 g/mol. The molecule has 35 heavy (non-hydrogen) atoms. The number of tetrazole rings is 1. The molecule has 1 unspecified atom stereocenters. The highest BCUT2D eigenvalue weighted by Crippen LogP contribution is 2.30. The fourth-order valence-corrected chi connectivity index (χ4v) is 4.88. The zero-order valence-corrected chi connectivity index (χ0v) is 20.6. The molecule has 8 nitrogen and oxygen atoms in total. The van der Waals surface area contributed by atoms with Crippen LogP contribution in [-0.2, 0) is 13.0 Å². The van der Waals surface area contributed by atoms with Gasteiger partial charge in [-0.2, -0.15) is 10.3 Å². The van der Waals surface area contributed by atoms with Gasteiger partial charge in [0.2, 0.25) is 5.82 Å². The Morgan fingerprint density at radius 1 is 1.03 bits per heavy atom. The minimum absolute atomic E-state index is 0.360. The number of nitrogens with zero attached hydrogens (tertiary/aromatic N) is 6. The van der Waals surface area contributed by atoms with Crippen LogP contribution in [0.25, 0.3) is 22.5 Å². The van der Waals surface area contributed by atoms with Crippen LogP contribution in [0.15, 0.2) is 48.5 Å². The van der Waals surface area contributed by atoms with Crippen molar-refractivity contribution in [3.05, 3.63) is 65.7 Å². The first kappa shape index (κ1) is 23.4. The average Bonchev–Trinajstić information content (AvgIpc) is 3.56. The van der Waals surface area contributed by atoms with Crippen molar-refractivity contribution in [2.45, 2.75) is 70.9 Å². The lowest BCUT2D eigenvalue weighted by molar-refractivity contribution is 0.317. The number of nitrogens with two attached hydrogens (primary N) is 1. The molecule has 1 saturated carbocycles. The van der Waals surface area contributed by atoms with E-state index >= 15 is 0 Å². The largest absolute Gasteiger partial charge is 0.328 e. The first-order valence-corrected chi connectivity index (χ1v) is 12.7. The summed E-state index contributed by atoms with van der Waals surface area (Å²) in [5.41, 5.74) is 10.5. The maximum absolute atomic E-state index is 6.13. The van der Waals surface area contributed by atoms with Crippen molar-refractivity contribution in [1.82, 2.24) is 35.4 Å². The predicted octanol–water partition coefficient (Wildman–Crippen LogP) is 4.75. The molecule has 2 aromatic carbocycles. The molecule has 8 heteroatoms. The summed E-state index contributed by atoms with van der Waals surface area (Å²) >= 11 is 0. The highest BCUT2D eigenvalue weighted by Gasteiger charge is 2.23. The second-order valence-corrected chi connectivity index (χ2v) is 9.82. The van der Waals surface area contributed by atoms with Gasteiger partial charge < -0.3 is 5.73 Å². The van der Waals surface area contributed by atoms with E-state index in [9.17, 15) is 0 Å². The van der Waals surface area contributed by atoms with E-state index in [-0.39, 0.29) is 0 Å². The molecule has 0 aliphatic heterocycles. The first-order chi connectivity index (χ1) is 17.1. The van der Waals surface area contributed by atoms with Gasteiger partial charge in [-0.1, -0.05) is 62.4 Å². The SMILES string of the molecule is CCC(C)c1nc(CC2CCC(N)CC2)n(Cc2ccc(-c3ccccc3-c3nn[nH]n3)cc2)n1.